The Morgan fingerprint density at radius 2 is 2.21 bits per heavy atom. The largest absolute Gasteiger partial charge is 0.349 e. The van der Waals surface area contributed by atoms with E-state index in [0.717, 1.165) is 19.0 Å². The molecule has 1 saturated carbocycles. The molecule has 1 aromatic carbocycles. The maximum Gasteiger partial charge on any atom is 0.258 e. The smallest absolute Gasteiger partial charge is 0.258 e. The van der Waals surface area contributed by atoms with Gasteiger partial charge in [0.15, 0.2) is 0 Å². The summed E-state index contributed by atoms with van der Waals surface area (Å²) in [5, 5.41) is 3.43. The number of hydrogen-bond acceptors (Lipinski definition) is 4. The van der Waals surface area contributed by atoms with Gasteiger partial charge in [-0.25, -0.2) is 4.98 Å². The molecule has 6 nitrogen and oxygen atoms in total. The van der Waals surface area contributed by atoms with Gasteiger partial charge in [0.25, 0.3) is 5.56 Å². The number of benzene rings is 1. The van der Waals surface area contributed by atoms with Crippen molar-refractivity contribution in [1.29, 1.82) is 0 Å². The molecule has 1 aromatic heterocycles. The number of carbonyl (C=O) groups is 1. The Labute approximate surface area is 140 Å². The van der Waals surface area contributed by atoms with Crippen LogP contribution in [0.1, 0.15) is 31.5 Å². The Hall–Kier alpha value is -2.21. The van der Waals surface area contributed by atoms with E-state index in [1.165, 1.54) is 19.3 Å². The summed E-state index contributed by atoms with van der Waals surface area (Å²) in [5.41, 5.74) is 0.483. The third-order valence-electron chi connectivity index (χ3n) is 5.26. The highest BCUT2D eigenvalue weighted by atomic mass is 16.1. The zero-order chi connectivity index (χ0) is 16.5. The molecule has 1 amide bonds. The highest BCUT2D eigenvalue weighted by Gasteiger charge is 2.37. The van der Waals surface area contributed by atoms with Crippen molar-refractivity contribution in [2.24, 2.45) is 5.92 Å². The number of nitrogens with one attached hydrogen (secondary N) is 2. The van der Waals surface area contributed by atoms with Crippen molar-refractivity contribution in [3.63, 3.8) is 0 Å². The molecule has 2 fully saturated rings. The highest BCUT2D eigenvalue weighted by Crippen LogP contribution is 2.37. The van der Waals surface area contributed by atoms with Crippen LogP contribution >= 0.6 is 0 Å². The minimum Gasteiger partial charge on any atom is -0.349 e. The molecule has 2 atom stereocenters. The Morgan fingerprint density at radius 1 is 1.33 bits per heavy atom. The minimum absolute atomic E-state index is 0.00795. The average molecular weight is 326 g/mol. The lowest BCUT2D eigenvalue weighted by atomic mass is 10.1. The van der Waals surface area contributed by atoms with E-state index >= 15 is 0 Å². The summed E-state index contributed by atoms with van der Waals surface area (Å²) in [7, 11) is 0. The van der Waals surface area contributed by atoms with Gasteiger partial charge in [0.2, 0.25) is 5.91 Å². The molecule has 0 radical (unpaired) electrons. The number of piperidine rings is 1. The van der Waals surface area contributed by atoms with Gasteiger partial charge < -0.3 is 10.3 Å². The highest BCUT2D eigenvalue weighted by molar-refractivity contribution is 5.77. The number of likely N-dealkylation sites (tertiary alicyclic amines) is 1. The topological polar surface area (TPSA) is 78.1 Å². The van der Waals surface area contributed by atoms with E-state index in [-0.39, 0.29) is 18.0 Å². The van der Waals surface area contributed by atoms with Crippen molar-refractivity contribution >= 4 is 16.8 Å². The first kappa shape index (κ1) is 15.3. The van der Waals surface area contributed by atoms with Crippen LogP contribution in [0.3, 0.4) is 0 Å². The Bertz CT molecular complexity index is 816. The lowest BCUT2D eigenvalue weighted by Gasteiger charge is -2.26. The summed E-state index contributed by atoms with van der Waals surface area (Å²) in [4.78, 5) is 33.6. The van der Waals surface area contributed by atoms with Gasteiger partial charge >= 0.3 is 0 Å². The molecule has 0 unspecified atom stereocenters. The molecular formula is C18H22N4O2. The van der Waals surface area contributed by atoms with Crippen LogP contribution in [0.2, 0.25) is 0 Å². The molecule has 2 bridgehead atoms. The van der Waals surface area contributed by atoms with Crippen molar-refractivity contribution in [1.82, 2.24) is 20.2 Å². The summed E-state index contributed by atoms with van der Waals surface area (Å²) in [5.74, 6) is 1.35. The second-order valence-corrected chi connectivity index (χ2v) is 6.88. The van der Waals surface area contributed by atoms with E-state index in [4.69, 9.17) is 0 Å². The number of amides is 1. The Morgan fingerprint density at radius 3 is 3.00 bits per heavy atom. The first-order chi connectivity index (χ1) is 11.7. The number of para-hydroxylation sites is 1. The fourth-order valence-electron chi connectivity index (χ4n) is 4.04. The lowest BCUT2D eigenvalue weighted by molar-refractivity contribution is -0.121. The Balaban J connectivity index is 1.31. The van der Waals surface area contributed by atoms with Gasteiger partial charge in [-0.1, -0.05) is 12.1 Å². The van der Waals surface area contributed by atoms with Crippen molar-refractivity contribution in [2.75, 3.05) is 13.1 Å². The predicted octanol–water partition coefficient (Wildman–Crippen LogP) is 1.41. The maximum atomic E-state index is 12.1. The SMILES string of the molecule is O=C(CCN1C[C@H]2CC[C@@H]1C2)NCc1nc2ccccc2c(=O)[nH]1. The molecule has 2 aliphatic rings. The van der Waals surface area contributed by atoms with Gasteiger partial charge in [-0.2, -0.15) is 0 Å². The normalized spacial score (nSPS) is 23.0. The minimum atomic E-state index is -0.169. The van der Waals surface area contributed by atoms with Gasteiger partial charge in [0.1, 0.15) is 5.82 Å². The number of rotatable bonds is 5. The second kappa shape index (κ2) is 6.36. The average Bonchev–Trinajstić information content (AvgIpc) is 3.21. The standard InChI is InChI=1S/C18H22N4O2/c23-17(7-8-22-11-12-5-6-13(22)9-12)19-10-16-20-15-4-2-1-3-14(15)18(24)21-16/h1-4,12-13H,5-11H2,(H,19,23)(H,20,21,24)/t12-,13+/m0/s1. The zero-order valence-corrected chi connectivity index (χ0v) is 13.6. The van der Waals surface area contributed by atoms with Crippen LogP contribution in [0, 0.1) is 5.92 Å². The number of aromatic nitrogens is 2. The van der Waals surface area contributed by atoms with E-state index in [1.54, 1.807) is 12.1 Å². The van der Waals surface area contributed by atoms with Gasteiger partial charge in [0.05, 0.1) is 17.4 Å². The zero-order valence-electron chi connectivity index (χ0n) is 13.6. The molecule has 24 heavy (non-hydrogen) atoms. The maximum absolute atomic E-state index is 12.1. The molecule has 1 aliphatic heterocycles. The quantitative estimate of drug-likeness (QED) is 0.871. The second-order valence-electron chi connectivity index (χ2n) is 6.88. The fraction of sp³-hybridized carbons (Fsp3) is 0.500. The lowest BCUT2D eigenvalue weighted by Crippen LogP contribution is -2.36. The Kier molecular flexibility index (Phi) is 4.06. The summed E-state index contributed by atoms with van der Waals surface area (Å²) >= 11 is 0. The van der Waals surface area contributed by atoms with Crippen LogP contribution in [0.5, 0.6) is 0 Å². The van der Waals surface area contributed by atoms with E-state index < -0.39 is 0 Å². The summed E-state index contributed by atoms with van der Waals surface area (Å²) in [6.07, 6.45) is 4.45. The third kappa shape index (κ3) is 3.06. The van der Waals surface area contributed by atoms with E-state index in [2.05, 4.69) is 20.2 Å². The van der Waals surface area contributed by atoms with Gasteiger partial charge in [-0.05, 0) is 37.3 Å². The van der Waals surface area contributed by atoms with E-state index in [1.807, 2.05) is 12.1 Å². The fourth-order valence-corrected chi connectivity index (χ4v) is 4.04. The van der Waals surface area contributed by atoms with Crippen LogP contribution < -0.4 is 10.9 Å². The molecule has 2 N–H and O–H groups in total. The number of fused-ring (bicyclic) bond motifs is 3. The van der Waals surface area contributed by atoms with Crippen LogP contribution in [0.25, 0.3) is 10.9 Å². The van der Waals surface area contributed by atoms with Crippen LogP contribution in [-0.2, 0) is 11.3 Å². The van der Waals surface area contributed by atoms with Crippen LogP contribution in [-0.4, -0.2) is 39.9 Å². The van der Waals surface area contributed by atoms with Gasteiger partial charge in [-0.3, -0.25) is 14.5 Å². The summed E-state index contributed by atoms with van der Waals surface area (Å²) < 4.78 is 0. The van der Waals surface area contributed by atoms with E-state index in [9.17, 15) is 9.59 Å². The molecular weight excluding hydrogens is 304 g/mol. The number of nitrogens with zero attached hydrogens (tertiary/aromatic N) is 2. The van der Waals surface area contributed by atoms with Crippen LogP contribution in [0.4, 0.5) is 0 Å². The molecule has 0 spiro atoms. The van der Waals surface area contributed by atoms with Crippen molar-refractivity contribution in [2.45, 2.75) is 38.3 Å². The first-order valence-corrected chi connectivity index (χ1v) is 8.68. The number of H-pyrrole nitrogens is 1. The number of aromatic amines is 1. The summed E-state index contributed by atoms with van der Waals surface area (Å²) in [6, 6.07) is 7.90. The van der Waals surface area contributed by atoms with E-state index in [0.29, 0.717) is 29.2 Å². The molecule has 6 heteroatoms. The molecule has 4 rings (SSSR count). The van der Waals surface area contributed by atoms with Crippen LogP contribution in [0.15, 0.2) is 29.1 Å². The molecule has 2 aromatic rings. The summed E-state index contributed by atoms with van der Waals surface area (Å²) in [6.45, 7) is 2.23. The van der Waals surface area contributed by atoms with Gasteiger partial charge in [-0.15, -0.1) is 0 Å². The molecule has 1 aliphatic carbocycles. The first-order valence-electron chi connectivity index (χ1n) is 8.68. The monoisotopic (exact) mass is 326 g/mol. The molecule has 2 heterocycles. The van der Waals surface area contributed by atoms with Crippen molar-refractivity contribution in [3.8, 4) is 0 Å². The third-order valence-corrected chi connectivity index (χ3v) is 5.26. The van der Waals surface area contributed by atoms with Crippen molar-refractivity contribution in [3.05, 3.63) is 40.4 Å². The predicted molar refractivity (Wildman–Crippen MR) is 91.5 cm³/mol. The van der Waals surface area contributed by atoms with Gasteiger partial charge in [0, 0.05) is 25.6 Å². The molecule has 1 saturated heterocycles. The van der Waals surface area contributed by atoms with Crippen molar-refractivity contribution < 1.29 is 4.79 Å². The number of hydrogen-bond donors (Lipinski definition) is 2. The number of carbonyl (C=O) groups excluding carboxylic acids is 1. The molecule has 126 valence electrons.